The molecule has 3 aliphatic heterocycles. The fourth-order valence-electron chi connectivity index (χ4n) is 10.6. The Bertz CT molecular complexity index is 4460. The van der Waals surface area contributed by atoms with Crippen molar-refractivity contribution >= 4 is 181 Å². The van der Waals surface area contributed by atoms with E-state index in [1.54, 1.807) is 61.6 Å². The van der Waals surface area contributed by atoms with Crippen LogP contribution in [0, 0.1) is 0 Å². The first kappa shape index (κ1) is 57.4. The molecule has 0 aliphatic carbocycles. The number of benzene rings is 3. The lowest BCUT2D eigenvalue weighted by atomic mass is 10.1. The second kappa shape index (κ2) is 24.2. The lowest BCUT2D eigenvalue weighted by molar-refractivity contribution is 0.0287. The summed E-state index contributed by atoms with van der Waals surface area (Å²) in [6, 6.07) is 31.5. The molecule has 2 fully saturated rings. The molecule has 0 saturated carbocycles. The summed E-state index contributed by atoms with van der Waals surface area (Å²) in [5.74, 6) is 0.939. The zero-order valence-electron chi connectivity index (χ0n) is 48.2. The Morgan fingerprint density at radius 2 is 1.01 bits per heavy atom. The second-order valence-corrected chi connectivity index (χ2v) is 29.1. The number of thiophene rings is 3. The van der Waals surface area contributed by atoms with Crippen LogP contribution in [-0.4, -0.2) is 102 Å². The molecule has 2 amide bonds. The average molecular weight is 1260 g/mol. The molecule has 0 bridgehead atoms. The lowest BCUT2D eigenvalue weighted by Crippen LogP contribution is -2.35. The minimum Gasteiger partial charge on any atom is -0.444 e. The summed E-state index contributed by atoms with van der Waals surface area (Å²) in [6.45, 7) is 16.1. The normalized spacial score (nSPS) is 16.2. The summed E-state index contributed by atoms with van der Waals surface area (Å²) in [7, 11) is 0. The Hall–Kier alpha value is -7.70. The number of rotatable bonds is 9. The Kier molecular flexibility index (Phi) is 16.2. The maximum atomic E-state index is 12.4. The fraction of sp³-hybridized carbons (Fsp3) is 0.281. The van der Waals surface area contributed by atoms with E-state index in [-0.39, 0.29) is 12.2 Å². The van der Waals surface area contributed by atoms with Gasteiger partial charge in [0.05, 0.1) is 70.8 Å². The van der Waals surface area contributed by atoms with Crippen molar-refractivity contribution in [2.45, 2.75) is 77.4 Å². The number of carbonyl (C=O) groups excluding carboxylic acids is 2. The third-order valence-corrected chi connectivity index (χ3v) is 20.7. The number of nitrogens with zero attached hydrogens (tertiary/aromatic N) is 8. The Morgan fingerprint density at radius 1 is 0.547 bits per heavy atom. The van der Waals surface area contributed by atoms with Crippen molar-refractivity contribution in [3.8, 4) is 0 Å². The monoisotopic (exact) mass is 1250 g/mol. The molecule has 3 aliphatic rings. The van der Waals surface area contributed by atoms with Gasteiger partial charge in [-0.3, -0.25) is 0 Å². The second-order valence-electron chi connectivity index (χ2n) is 23.3. The van der Waals surface area contributed by atoms with E-state index in [9.17, 15) is 9.59 Å². The molecule has 12 aromatic rings. The van der Waals surface area contributed by atoms with Crippen LogP contribution in [0.2, 0.25) is 0 Å². The molecule has 16 nitrogen and oxygen atoms in total. The van der Waals surface area contributed by atoms with Gasteiger partial charge >= 0.3 is 12.2 Å². The number of aromatic nitrogens is 6. The van der Waals surface area contributed by atoms with E-state index in [0.717, 1.165) is 112 Å². The molecule has 0 radical (unpaired) electrons. The largest absolute Gasteiger partial charge is 0.444 e. The topological polar surface area (TPSA) is 185 Å². The number of ether oxygens (including phenoxy) is 2. The Morgan fingerprint density at radius 3 is 1.49 bits per heavy atom. The van der Waals surface area contributed by atoms with Gasteiger partial charge in [-0.05, 0) is 157 Å². The molecule has 4 N–H and O–H groups in total. The predicted octanol–water partition coefficient (Wildman–Crippen LogP) is 17.4. The van der Waals surface area contributed by atoms with Crippen molar-refractivity contribution in [3.05, 3.63) is 147 Å². The molecule has 86 heavy (non-hydrogen) atoms. The van der Waals surface area contributed by atoms with Crippen molar-refractivity contribution in [1.82, 2.24) is 45.0 Å². The first-order valence-corrected chi connectivity index (χ1v) is 33.5. The van der Waals surface area contributed by atoms with E-state index < -0.39 is 11.2 Å². The number of hydrogen-bond acceptors (Lipinski definition) is 20. The summed E-state index contributed by atoms with van der Waals surface area (Å²) >= 11 is 10.1. The van der Waals surface area contributed by atoms with Crippen LogP contribution in [0.4, 0.5) is 43.7 Å². The highest BCUT2D eigenvalue weighted by Crippen LogP contribution is 2.41. The molecular formula is C64H62N12O4S6. The number of pyridine rings is 3. The van der Waals surface area contributed by atoms with Crippen LogP contribution in [0.1, 0.15) is 80.9 Å². The van der Waals surface area contributed by atoms with E-state index >= 15 is 0 Å². The molecule has 438 valence electrons. The van der Waals surface area contributed by atoms with Crippen molar-refractivity contribution in [2.75, 3.05) is 55.2 Å². The minimum absolute atomic E-state index is 0.228. The predicted molar refractivity (Wildman–Crippen MR) is 359 cm³/mol. The molecule has 15 rings (SSSR count). The van der Waals surface area contributed by atoms with Gasteiger partial charge in [0, 0.05) is 104 Å². The molecular weight excluding hydrogens is 1190 g/mol. The Balaban J connectivity index is 0.000000121. The van der Waals surface area contributed by atoms with Crippen LogP contribution in [0.5, 0.6) is 0 Å². The summed E-state index contributed by atoms with van der Waals surface area (Å²) in [5.41, 5.74) is 15.0. The van der Waals surface area contributed by atoms with E-state index in [0.29, 0.717) is 31.5 Å². The highest BCUT2D eigenvalue weighted by atomic mass is 32.1. The fourth-order valence-corrected chi connectivity index (χ4v) is 15.9. The van der Waals surface area contributed by atoms with Crippen LogP contribution in [0.25, 0.3) is 66.9 Å². The van der Waals surface area contributed by atoms with Gasteiger partial charge in [0.2, 0.25) is 0 Å². The third-order valence-electron chi connectivity index (χ3n) is 14.8. The van der Waals surface area contributed by atoms with Crippen molar-refractivity contribution < 1.29 is 19.1 Å². The number of carbonyl (C=O) groups is 2. The van der Waals surface area contributed by atoms with E-state index in [2.05, 4.69) is 136 Å². The molecule has 2 saturated heterocycles. The first-order chi connectivity index (χ1) is 41.6. The van der Waals surface area contributed by atoms with Crippen LogP contribution < -0.4 is 21.3 Å². The van der Waals surface area contributed by atoms with Crippen LogP contribution in [0.15, 0.2) is 132 Å². The van der Waals surface area contributed by atoms with Crippen molar-refractivity contribution in [2.24, 2.45) is 0 Å². The van der Waals surface area contributed by atoms with Crippen LogP contribution in [0.3, 0.4) is 0 Å². The minimum atomic E-state index is -0.497. The molecule has 2 atom stereocenters. The van der Waals surface area contributed by atoms with Gasteiger partial charge in [-0.2, -0.15) is 0 Å². The van der Waals surface area contributed by atoms with Gasteiger partial charge in [0.1, 0.15) is 25.7 Å². The summed E-state index contributed by atoms with van der Waals surface area (Å²) in [6.07, 6.45) is 9.30. The average Bonchev–Trinajstić information content (AvgIpc) is 4.16. The van der Waals surface area contributed by atoms with Gasteiger partial charge in [0.15, 0.2) is 0 Å². The van der Waals surface area contributed by atoms with Gasteiger partial charge in [-0.15, -0.1) is 68.0 Å². The van der Waals surface area contributed by atoms with Gasteiger partial charge in [-0.1, -0.05) is 6.08 Å². The zero-order valence-corrected chi connectivity index (χ0v) is 53.1. The molecule has 3 aromatic carbocycles. The molecule has 0 spiro atoms. The summed E-state index contributed by atoms with van der Waals surface area (Å²) in [4.78, 5) is 62.2. The highest BCUT2D eigenvalue weighted by molar-refractivity contribution is 7.20. The van der Waals surface area contributed by atoms with Gasteiger partial charge < -0.3 is 40.5 Å². The number of likely N-dealkylation sites (tertiary alicyclic amines) is 1. The highest BCUT2D eigenvalue weighted by Gasteiger charge is 2.32. The number of hydrogen-bond donors (Lipinski definition) is 4. The number of anilines is 6. The SMILES string of the molecule is CC(C)(C)OC(=O)N1CC=C(c2cc3c(Nc4ccc5scnc5c4)ccnc3s2)C1.CC(C)(C)OC(=O)N1CCC(c2cc3c(Nc4ccc5scnc5c4)ccnc3s2)C1.c1cc(Nc2ccc3scnc3c2)c2cc(C3CCNC3)sc2n1. The zero-order chi connectivity index (χ0) is 59.1. The quantitative estimate of drug-likeness (QED) is 0.107. The summed E-state index contributed by atoms with van der Waals surface area (Å²) in [5, 5.41) is 17.4. The number of thiazole rings is 3. The third kappa shape index (κ3) is 13.0. The smallest absolute Gasteiger partial charge is 0.410 e. The van der Waals surface area contributed by atoms with E-state index in [4.69, 9.17) is 9.47 Å². The molecule has 22 heteroatoms. The standard InChI is InChI=1S/C23H24N4O2S2.C23H22N4O2S2.C18H16N4S2/c2*1-23(2,3)29-22(28)27-9-7-14(12-27)20-11-16-17(6-8-24-21(16)31-20)26-15-4-5-19-18(10-15)25-13-30-19;1-2-16-15(21-10-23-16)7-12(1)22-14-4-6-20-18-13(14)8-17(24-18)11-3-5-19-9-11/h4-6,8,10-11,13-14H,7,9,12H2,1-3H3,(H,24,26);4-8,10-11,13H,9,12H2,1-3H3,(H,24,26);1-2,4,6-8,10-11,19H,3,5,9H2,(H,20,22). The maximum Gasteiger partial charge on any atom is 0.410 e. The first-order valence-electron chi connectivity index (χ1n) is 28.4. The number of fused-ring (bicyclic) bond motifs is 6. The van der Waals surface area contributed by atoms with Gasteiger partial charge in [0.25, 0.3) is 0 Å². The van der Waals surface area contributed by atoms with Gasteiger partial charge in [-0.25, -0.2) is 39.5 Å². The molecule has 12 heterocycles. The van der Waals surface area contributed by atoms with E-state index in [1.807, 2.05) is 105 Å². The lowest BCUT2D eigenvalue weighted by Gasteiger charge is -2.24. The summed E-state index contributed by atoms with van der Waals surface area (Å²) < 4.78 is 14.6. The number of nitrogens with one attached hydrogen (secondary N) is 4. The Labute approximate surface area is 521 Å². The number of amides is 2. The van der Waals surface area contributed by atoms with Crippen LogP contribution >= 0.6 is 68.0 Å². The van der Waals surface area contributed by atoms with Crippen molar-refractivity contribution in [3.63, 3.8) is 0 Å². The molecule has 9 aromatic heterocycles. The van der Waals surface area contributed by atoms with Crippen molar-refractivity contribution in [1.29, 1.82) is 0 Å². The molecule has 2 unspecified atom stereocenters. The van der Waals surface area contributed by atoms with E-state index in [1.165, 1.54) is 35.7 Å². The van der Waals surface area contributed by atoms with Crippen LogP contribution in [-0.2, 0) is 9.47 Å². The maximum absolute atomic E-state index is 12.4.